The van der Waals surface area contributed by atoms with Crippen molar-refractivity contribution >= 4 is 46.1 Å². The highest BCUT2D eigenvalue weighted by atomic mass is 35.5. The van der Waals surface area contributed by atoms with Crippen molar-refractivity contribution < 1.29 is 4.79 Å². The monoisotopic (exact) mass is 434 g/mol. The van der Waals surface area contributed by atoms with E-state index < -0.39 is 5.92 Å². The molecule has 1 aliphatic heterocycles. The van der Waals surface area contributed by atoms with Crippen LogP contribution < -0.4 is 5.32 Å². The van der Waals surface area contributed by atoms with E-state index in [9.17, 15) is 4.79 Å². The topological polar surface area (TPSA) is 41.5 Å². The molecule has 0 radical (unpaired) electrons. The molecular weight excluding hydrogens is 415 g/mol. The Hall–Kier alpha value is -2.62. The number of Topliss-reactive ketones (excluding diaryl/α,β-unsaturated/α-hetero) is 1. The Labute approximate surface area is 185 Å². The van der Waals surface area contributed by atoms with Crippen LogP contribution in [0.5, 0.6) is 0 Å². The lowest BCUT2D eigenvalue weighted by atomic mass is 9.72. The summed E-state index contributed by atoms with van der Waals surface area (Å²) in [5, 5.41) is 4.64. The lowest BCUT2D eigenvalue weighted by Crippen LogP contribution is -2.39. The third-order valence-corrected chi connectivity index (χ3v) is 6.66. The third kappa shape index (κ3) is 3.42. The molecule has 3 aromatic carbocycles. The maximum absolute atomic E-state index is 13.5. The highest BCUT2D eigenvalue weighted by Gasteiger charge is 2.42. The van der Waals surface area contributed by atoms with Crippen LogP contribution in [-0.2, 0) is 4.79 Å². The predicted molar refractivity (Wildman–Crippen MR) is 123 cm³/mol. The number of benzene rings is 3. The van der Waals surface area contributed by atoms with Crippen LogP contribution in [0.4, 0.5) is 11.4 Å². The number of fused-ring (bicyclic) bond motifs is 2. The van der Waals surface area contributed by atoms with E-state index in [0.29, 0.717) is 16.5 Å². The molecule has 0 bridgehead atoms. The van der Waals surface area contributed by atoms with Crippen molar-refractivity contribution in [3.63, 3.8) is 0 Å². The Kier molecular flexibility index (Phi) is 5.10. The maximum Gasteiger partial charge on any atom is 0.144 e. The molecule has 5 heteroatoms. The molecule has 0 spiro atoms. The molecule has 30 heavy (non-hydrogen) atoms. The van der Waals surface area contributed by atoms with Gasteiger partial charge in [0.2, 0.25) is 0 Å². The average molecular weight is 435 g/mol. The summed E-state index contributed by atoms with van der Waals surface area (Å²) in [4.78, 5) is 18.5. The van der Waals surface area contributed by atoms with E-state index in [0.717, 1.165) is 29.1 Å². The molecule has 1 fully saturated rings. The Morgan fingerprint density at radius 2 is 1.53 bits per heavy atom. The van der Waals surface area contributed by atoms with Gasteiger partial charge >= 0.3 is 0 Å². The minimum Gasteiger partial charge on any atom is -0.375 e. The molecule has 5 rings (SSSR count). The molecule has 3 nitrogen and oxygen atoms in total. The number of nitrogens with zero attached hydrogens (tertiary/aromatic N) is 1. The van der Waals surface area contributed by atoms with Gasteiger partial charge in [0.25, 0.3) is 0 Å². The maximum atomic E-state index is 13.5. The molecule has 1 heterocycles. The smallest absolute Gasteiger partial charge is 0.144 e. The van der Waals surface area contributed by atoms with Crippen molar-refractivity contribution in [3.8, 4) is 0 Å². The Morgan fingerprint density at radius 3 is 2.30 bits per heavy atom. The number of anilines is 1. The van der Waals surface area contributed by atoms with Crippen LogP contribution in [0, 0.1) is 5.92 Å². The first-order valence-electron chi connectivity index (χ1n) is 10.1. The van der Waals surface area contributed by atoms with Gasteiger partial charge in [-0.3, -0.25) is 9.79 Å². The van der Waals surface area contributed by atoms with Gasteiger partial charge in [-0.15, -0.1) is 0 Å². The molecule has 0 saturated heterocycles. The molecule has 1 aliphatic carbocycles. The van der Waals surface area contributed by atoms with Gasteiger partial charge in [0.05, 0.1) is 23.3 Å². The minimum absolute atomic E-state index is 0.126. The van der Waals surface area contributed by atoms with Gasteiger partial charge in [-0.25, -0.2) is 0 Å². The fourth-order valence-electron chi connectivity index (χ4n) is 4.61. The minimum atomic E-state index is -0.408. The number of nitrogens with one attached hydrogen (secondary N) is 1. The van der Waals surface area contributed by atoms with E-state index in [-0.39, 0.29) is 17.7 Å². The first-order valence-corrected chi connectivity index (χ1v) is 10.8. The number of carbonyl (C=O) groups is 1. The molecule has 1 saturated carbocycles. The molecular formula is C25H20Cl2N2O. The number of halogens is 2. The second kappa shape index (κ2) is 7.90. The lowest BCUT2D eigenvalue weighted by Gasteiger charge is -2.34. The number of hydrogen-bond acceptors (Lipinski definition) is 3. The molecule has 3 atom stereocenters. The number of hydrogen-bond donors (Lipinski definition) is 1. The lowest BCUT2D eigenvalue weighted by molar-refractivity contribution is -0.122. The summed E-state index contributed by atoms with van der Waals surface area (Å²) >= 11 is 13.1. The molecule has 1 N–H and O–H groups in total. The summed E-state index contributed by atoms with van der Waals surface area (Å²) in [6, 6.07) is 23.2. The highest BCUT2D eigenvalue weighted by Crippen LogP contribution is 2.46. The van der Waals surface area contributed by atoms with Gasteiger partial charge in [-0.2, -0.15) is 0 Å². The summed E-state index contributed by atoms with van der Waals surface area (Å²) in [7, 11) is 0. The SMILES string of the molecule is O=C1CC(c2ccccc2)CC2=Nc3ccccc3NC(c3c(Cl)cccc3Cl)C12. The number of aliphatic imine (C=N–C) groups is 1. The summed E-state index contributed by atoms with van der Waals surface area (Å²) in [5.41, 5.74) is 4.53. The van der Waals surface area contributed by atoms with E-state index in [1.54, 1.807) is 0 Å². The van der Waals surface area contributed by atoms with Gasteiger partial charge in [0.15, 0.2) is 0 Å². The van der Waals surface area contributed by atoms with Crippen molar-refractivity contribution in [2.75, 3.05) is 5.32 Å². The molecule has 150 valence electrons. The molecule has 3 unspecified atom stereocenters. The normalized spacial score (nSPS) is 22.9. The number of carbonyl (C=O) groups excluding carboxylic acids is 1. The summed E-state index contributed by atoms with van der Waals surface area (Å²) in [6.45, 7) is 0. The van der Waals surface area contributed by atoms with Crippen LogP contribution in [-0.4, -0.2) is 11.5 Å². The van der Waals surface area contributed by atoms with Crippen LogP contribution in [0.2, 0.25) is 10.0 Å². The molecule has 0 amide bonds. The van der Waals surface area contributed by atoms with Crippen LogP contribution in [0.1, 0.15) is 35.9 Å². The summed E-state index contributed by atoms with van der Waals surface area (Å²) < 4.78 is 0. The van der Waals surface area contributed by atoms with E-state index >= 15 is 0 Å². The average Bonchev–Trinajstić information content (AvgIpc) is 2.91. The van der Waals surface area contributed by atoms with Gasteiger partial charge in [0.1, 0.15) is 5.78 Å². The standard InChI is InChI=1S/C25H20Cl2N2O/c26-17-9-6-10-18(27)23(17)25-24-21(28-19-11-4-5-12-20(19)29-25)13-16(14-22(24)30)15-7-2-1-3-8-15/h1-12,16,24-25,29H,13-14H2. The molecule has 0 aromatic heterocycles. The molecule has 3 aromatic rings. The zero-order chi connectivity index (χ0) is 20.7. The Balaban J connectivity index is 1.64. The quantitative estimate of drug-likeness (QED) is 0.471. The molecule has 2 aliphatic rings. The van der Waals surface area contributed by atoms with Crippen LogP contribution in [0.3, 0.4) is 0 Å². The largest absolute Gasteiger partial charge is 0.375 e. The first-order chi connectivity index (χ1) is 14.6. The third-order valence-electron chi connectivity index (χ3n) is 6.00. The Morgan fingerprint density at radius 1 is 0.833 bits per heavy atom. The van der Waals surface area contributed by atoms with Gasteiger partial charge in [-0.1, -0.05) is 71.7 Å². The zero-order valence-electron chi connectivity index (χ0n) is 16.2. The van der Waals surface area contributed by atoms with Crippen molar-refractivity contribution in [2.24, 2.45) is 10.9 Å². The van der Waals surface area contributed by atoms with E-state index in [2.05, 4.69) is 17.4 Å². The summed E-state index contributed by atoms with van der Waals surface area (Å²) in [6.07, 6.45) is 1.21. The number of ketones is 1. The van der Waals surface area contributed by atoms with Crippen molar-refractivity contribution in [1.82, 2.24) is 0 Å². The van der Waals surface area contributed by atoms with Crippen molar-refractivity contribution in [3.05, 3.63) is 94.0 Å². The van der Waals surface area contributed by atoms with Gasteiger partial charge in [0, 0.05) is 27.7 Å². The van der Waals surface area contributed by atoms with Crippen molar-refractivity contribution in [1.29, 1.82) is 0 Å². The van der Waals surface area contributed by atoms with E-state index in [4.69, 9.17) is 28.2 Å². The first kappa shape index (κ1) is 19.3. The zero-order valence-corrected chi connectivity index (χ0v) is 17.7. The van der Waals surface area contributed by atoms with Gasteiger partial charge in [-0.05, 0) is 42.2 Å². The second-order valence-electron chi connectivity index (χ2n) is 7.84. The fraction of sp³-hybridized carbons (Fsp3) is 0.200. The predicted octanol–water partition coefficient (Wildman–Crippen LogP) is 7.00. The summed E-state index contributed by atoms with van der Waals surface area (Å²) in [5.74, 6) is -0.119. The van der Waals surface area contributed by atoms with Crippen LogP contribution in [0.15, 0.2) is 77.8 Å². The van der Waals surface area contributed by atoms with Gasteiger partial charge < -0.3 is 5.32 Å². The number of rotatable bonds is 2. The van der Waals surface area contributed by atoms with E-state index in [1.807, 2.05) is 60.7 Å². The second-order valence-corrected chi connectivity index (χ2v) is 8.65. The fourth-order valence-corrected chi connectivity index (χ4v) is 5.24. The Bertz CT molecular complexity index is 1120. The number of para-hydroxylation sites is 2. The van der Waals surface area contributed by atoms with Crippen LogP contribution >= 0.6 is 23.2 Å². The van der Waals surface area contributed by atoms with E-state index in [1.165, 1.54) is 5.56 Å². The van der Waals surface area contributed by atoms with Crippen LogP contribution in [0.25, 0.3) is 0 Å². The van der Waals surface area contributed by atoms with Crippen molar-refractivity contribution in [2.45, 2.75) is 24.8 Å². The highest BCUT2D eigenvalue weighted by molar-refractivity contribution is 6.36.